The van der Waals surface area contributed by atoms with E-state index in [-0.39, 0.29) is 17.3 Å². The summed E-state index contributed by atoms with van der Waals surface area (Å²) in [5.41, 5.74) is 0.818. The van der Waals surface area contributed by atoms with E-state index in [0.717, 1.165) is 24.8 Å². The van der Waals surface area contributed by atoms with Gasteiger partial charge >= 0.3 is 0 Å². The quantitative estimate of drug-likeness (QED) is 0.612. The van der Waals surface area contributed by atoms with Crippen LogP contribution in [0.1, 0.15) is 44.8 Å². The highest BCUT2D eigenvalue weighted by Gasteiger charge is 2.33. The average Bonchev–Trinajstić information content (AvgIpc) is 2.45. The van der Waals surface area contributed by atoms with Gasteiger partial charge in [-0.1, -0.05) is 30.3 Å². The smallest absolute Gasteiger partial charge is 0.240 e. The summed E-state index contributed by atoms with van der Waals surface area (Å²) in [6.07, 6.45) is 2.04. The highest BCUT2D eigenvalue weighted by Crippen LogP contribution is 2.29. The molecule has 0 bridgehead atoms. The van der Waals surface area contributed by atoms with Crippen LogP contribution in [-0.4, -0.2) is 23.4 Å². The van der Waals surface area contributed by atoms with E-state index in [9.17, 15) is 10.1 Å². The van der Waals surface area contributed by atoms with Crippen molar-refractivity contribution in [3.63, 3.8) is 0 Å². The van der Waals surface area contributed by atoms with Gasteiger partial charge in [0.15, 0.2) is 12.4 Å². The minimum atomic E-state index is -0.807. The molecule has 20 heavy (non-hydrogen) atoms. The van der Waals surface area contributed by atoms with Crippen LogP contribution in [0.5, 0.6) is 0 Å². The first kappa shape index (κ1) is 14.9. The van der Waals surface area contributed by atoms with E-state index >= 15 is 0 Å². The molecule has 0 N–H and O–H groups in total. The maximum atomic E-state index is 11.1. The van der Waals surface area contributed by atoms with Crippen molar-refractivity contribution in [3.8, 4) is 0 Å². The van der Waals surface area contributed by atoms with Crippen LogP contribution in [0.2, 0.25) is 0 Å². The normalized spacial score (nSPS) is 25.9. The molecular weight excluding hydrogens is 258 g/mol. The summed E-state index contributed by atoms with van der Waals surface area (Å²) in [5, 5.41) is 11.1. The van der Waals surface area contributed by atoms with Crippen LogP contribution < -0.4 is 0 Å². The molecule has 0 radical (unpaired) electrons. The van der Waals surface area contributed by atoms with Crippen LogP contribution in [0.4, 0.5) is 0 Å². The lowest BCUT2D eigenvalue weighted by molar-refractivity contribution is -0.535. The lowest BCUT2D eigenvalue weighted by atomic mass is 10.0. The van der Waals surface area contributed by atoms with Crippen LogP contribution in [0, 0.1) is 10.1 Å². The molecule has 110 valence electrons. The highest BCUT2D eigenvalue weighted by molar-refractivity contribution is 5.18. The third kappa shape index (κ3) is 3.77. The molecular formula is C15H21NO4. The van der Waals surface area contributed by atoms with Crippen molar-refractivity contribution in [3.05, 3.63) is 46.0 Å². The Morgan fingerprint density at radius 2 is 2.05 bits per heavy atom. The van der Waals surface area contributed by atoms with Crippen LogP contribution in [0.3, 0.4) is 0 Å². The summed E-state index contributed by atoms with van der Waals surface area (Å²) < 4.78 is 11.6. The van der Waals surface area contributed by atoms with E-state index in [1.54, 1.807) is 6.92 Å². The van der Waals surface area contributed by atoms with Gasteiger partial charge in [0.25, 0.3) is 0 Å². The molecule has 0 spiro atoms. The molecule has 1 saturated heterocycles. The molecule has 2 rings (SSSR count). The molecule has 1 heterocycles. The Hall–Kier alpha value is -1.46. The SMILES string of the molecule is C[C@H]([C@H](O[C@@H]1CCC[C@H](C)O1)c1ccccc1)[N+](=O)[O-]. The van der Waals surface area contributed by atoms with Gasteiger partial charge in [0.1, 0.15) is 0 Å². The average molecular weight is 279 g/mol. The summed E-state index contributed by atoms with van der Waals surface area (Å²) in [7, 11) is 0. The molecule has 0 aliphatic carbocycles. The molecule has 1 aromatic rings. The molecule has 1 aliphatic rings. The first-order chi connectivity index (χ1) is 9.58. The molecule has 0 amide bonds. The largest absolute Gasteiger partial charge is 0.350 e. The third-order valence-corrected chi connectivity index (χ3v) is 3.63. The predicted octanol–water partition coefficient (Wildman–Crippen LogP) is 3.32. The van der Waals surface area contributed by atoms with E-state index in [4.69, 9.17) is 9.47 Å². The molecule has 0 aromatic heterocycles. The predicted molar refractivity (Wildman–Crippen MR) is 74.9 cm³/mol. The van der Waals surface area contributed by atoms with Gasteiger partial charge < -0.3 is 9.47 Å². The summed E-state index contributed by atoms with van der Waals surface area (Å²) in [5.74, 6) is 0. The summed E-state index contributed by atoms with van der Waals surface area (Å²) in [6, 6.07) is 8.52. The van der Waals surface area contributed by atoms with Crippen LogP contribution >= 0.6 is 0 Å². The second-order valence-corrected chi connectivity index (χ2v) is 5.30. The fraction of sp³-hybridized carbons (Fsp3) is 0.600. The fourth-order valence-corrected chi connectivity index (χ4v) is 2.45. The number of nitro groups is 1. The van der Waals surface area contributed by atoms with Crippen molar-refractivity contribution in [1.82, 2.24) is 0 Å². The number of rotatable bonds is 5. The van der Waals surface area contributed by atoms with Crippen LogP contribution in [0.15, 0.2) is 30.3 Å². The minimum Gasteiger partial charge on any atom is -0.350 e. The Morgan fingerprint density at radius 1 is 1.35 bits per heavy atom. The molecule has 0 unspecified atom stereocenters. The zero-order valence-electron chi connectivity index (χ0n) is 11.9. The topological polar surface area (TPSA) is 61.6 Å². The molecule has 5 heteroatoms. The monoisotopic (exact) mass is 279 g/mol. The van der Waals surface area contributed by atoms with E-state index in [2.05, 4.69) is 0 Å². The first-order valence-corrected chi connectivity index (χ1v) is 7.07. The second-order valence-electron chi connectivity index (χ2n) is 5.30. The van der Waals surface area contributed by atoms with Crippen molar-refractivity contribution in [2.45, 2.75) is 57.6 Å². The molecule has 4 atom stereocenters. The molecule has 1 fully saturated rings. The number of nitrogens with zero attached hydrogens (tertiary/aromatic N) is 1. The van der Waals surface area contributed by atoms with Gasteiger partial charge in [-0.2, -0.15) is 0 Å². The first-order valence-electron chi connectivity index (χ1n) is 7.07. The van der Waals surface area contributed by atoms with E-state index in [0.29, 0.717) is 0 Å². The van der Waals surface area contributed by atoms with Crippen molar-refractivity contribution >= 4 is 0 Å². The molecule has 5 nitrogen and oxygen atoms in total. The van der Waals surface area contributed by atoms with Crippen molar-refractivity contribution in [2.24, 2.45) is 0 Å². The number of ether oxygens (including phenoxy) is 2. The molecule has 1 aromatic carbocycles. The number of hydrogen-bond acceptors (Lipinski definition) is 4. The fourth-order valence-electron chi connectivity index (χ4n) is 2.45. The Balaban J connectivity index is 2.12. The highest BCUT2D eigenvalue weighted by atomic mass is 16.7. The van der Waals surface area contributed by atoms with Crippen LogP contribution in [-0.2, 0) is 9.47 Å². The Morgan fingerprint density at radius 3 is 2.65 bits per heavy atom. The van der Waals surface area contributed by atoms with Crippen molar-refractivity contribution in [2.75, 3.05) is 0 Å². The molecule has 1 aliphatic heterocycles. The zero-order valence-corrected chi connectivity index (χ0v) is 11.9. The maximum Gasteiger partial charge on any atom is 0.240 e. The minimum absolute atomic E-state index is 0.149. The Labute approximate surface area is 119 Å². The van der Waals surface area contributed by atoms with E-state index in [1.165, 1.54) is 0 Å². The van der Waals surface area contributed by atoms with Gasteiger partial charge in [-0.15, -0.1) is 0 Å². The van der Waals surface area contributed by atoms with Gasteiger partial charge in [-0.25, -0.2) is 0 Å². The van der Waals surface area contributed by atoms with Gasteiger partial charge in [0.05, 0.1) is 6.10 Å². The van der Waals surface area contributed by atoms with Crippen LogP contribution in [0.25, 0.3) is 0 Å². The lowest BCUT2D eigenvalue weighted by Gasteiger charge is -2.31. The lowest BCUT2D eigenvalue weighted by Crippen LogP contribution is -2.34. The Bertz CT molecular complexity index is 437. The molecule has 0 saturated carbocycles. The number of hydrogen-bond donors (Lipinski definition) is 0. The summed E-state index contributed by atoms with van der Waals surface area (Å²) in [6.45, 7) is 3.58. The number of benzene rings is 1. The van der Waals surface area contributed by atoms with Gasteiger partial charge in [-0.3, -0.25) is 10.1 Å². The van der Waals surface area contributed by atoms with E-state index < -0.39 is 12.1 Å². The summed E-state index contributed by atoms with van der Waals surface area (Å²) in [4.78, 5) is 10.8. The second kappa shape index (κ2) is 6.81. The summed E-state index contributed by atoms with van der Waals surface area (Å²) >= 11 is 0. The van der Waals surface area contributed by atoms with Crippen molar-refractivity contribution < 1.29 is 14.4 Å². The van der Waals surface area contributed by atoms with Crippen molar-refractivity contribution in [1.29, 1.82) is 0 Å². The van der Waals surface area contributed by atoms with Gasteiger partial charge in [0, 0.05) is 11.8 Å². The Kier molecular flexibility index (Phi) is 5.09. The van der Waals surface area contributed by atoms with Gasteiger partial charge in [0.2, 0.25) is 6.04 Å². The van der Waals surface area contributed by atoms with E-state index in [1.807, 2.05) is 37.3 Å². The van der Waals surface area contributed by atoms with Gasteiger partial charge in [-0.05, 0) is 31.7 Å². The third-order valence-electron chi connectivity index (χ3n) is 3.63. The maximum absolute atomic E-state index is 11.1. The zero-order chi connectivity index (χ0) is 14.5. The standard InChI is InChI=1S/C15H21NO4/c1-11-7-6-10-14(19-11)20-15(12(2)16(17)18)13-8-4-3-5-9-13/h3-5,8-9,11-12,14-15H,6-7,10H2,1-2H3/t11-,12+,14+,15-/m0/s1.